The predicted molar refractivity (Wildman–Crippen MR) is 65.2 cm³/mol. The number of hydrogen-bond donors (Lipinski definition) is 1. The van der Waals surface area contributed by atoms with Crippen molar-refractivity contribution in [3.63, 3.8) is 0 Å². The van der Waals surface area contributed by atoms with Gasteiger partial charge in [-0.15, -0.1) is 0 Å². The van der Waals surface area contributed by atoms with Crippen LogP contribution in [-0.4, -0.2) is 36.0 Å². The maximum absolute atomic E-state index is 11.9. The molecule has 0 aromatic heterocycles. The van der Waals surface area contributed by atoms with Crippen LogP contribution in [0.5, 0.6) is 0 Å². The maximum Gasteiger partial charge on any atom is 0.235 e. The molecule has 94 valence electrons. The first-order chi connectivity index (χ1) is 8.14. The maximum atomic E-state index is 11.9. The number of piperidine rings is 1. The third-order valence-corrected chi connectivity index (χ3v) is 3.84. The first-order valence-corrected chi connectivity index (χ1v) is 6.59. The summed E-state index contributed by atoms with van der Waals surface area (Å²) in [6.45, 7) is 4.32. The van der Waals surface area contributed by atoms with Crippen LogP contribution in [0.1, 0.15) is 39.0 Å². The van der Waals surface area contributed by atoms with E-state index in [2.05, 4.69) is 16.3 Å². The number of nitrogens with zero attached hydrogens (tertiary/aromatic N) is 2. The van der Waals surface area contributed by atoms with E-state index in [0.717, 1.165) is 25.9 Å². The molecule has 1 heterocycles. The number of likely N-dealkylation sites (tertiary alicyclic amines) is 1. The SMILES string of the molecule is C[C@](C#N)(NC(=O)CN1CCCCC1)C1CC1. The van der Waals surface area contributed by atoms with Crippen molar-refractivity contribution in [1.29, 1.82) is 5.26 Å². The van der Waals surface area contributed by atoms with Gasteiger partial charge in [-0.05, 0) is 51.6 Å². The minimum atomic E-state index is -0.646. The van der Waals surface area contributed by atoms with Crippen LogP contribution in [0, 0.1) is 17.2 Å². The summed E-state index contributed by atoms with van der Waals surface area (Å²) in [6, 6.07) is 2.26. The molecule has 2 aliphatic rings. The van der Waals surface area contributed by atoms with Crippen LogP contribution >= 0.6 is 0 Å². The number of nitrogens with one attached hydrogen (secondary N) is 1. The van der Waals surface area contributed by atoms with Crippen LogP contribution in [0.25, 0.3) is 0 Å². The lowest BCUT2D eigenvalue weighted by atomic mass is 9.98. The molecule has 1 aliphatic carbocycles. The molecule has 17 heavy (non-hydrogen) atoms. The molecule has 1 saturated carbocycles. The highest BCUT2D eigenvalue weighted by Gasteiger charge is 2.43. The van der Waals surface area contributed by atoms with Crippen LogP contribution < -0.4 is 5.32 Å². The topological polar surface area (TPSA) is 56.1 Å². The van der Waals surface area contributed by atoms with Crippen molar-refractivity contribution in [2.45, 2.75) is 44.6 Å². The highest BCUT2D eigenvalue weighted by atomic mass is 16.2. The van der Waals surface area contributed by atoms with E-state index >= 15 is 0 Å². The van der Waals surface area contributed by atoms with Gasteiger partial charge in [-0.3, -0.25) is 9.69 Å². The zero-order valence-corrected chi connectivity index (χ0v) is 10.5. The molecule has 4 heteroatoms. The van der Waals surface area contributed by atoms with E-state index in [4.69, 9.17) is 0 Å². The molecule has 0 aromatic carbocycles. The van der Waals surface area contributed by atoms with E-state index in [0.29, 0.717) is 12.5 Å². The largest absolute Gasteiger partial charge is 0.337 e. The van der Waals surface area contributed by atoms with Gasteiger partial charge in [0.15, 0.2) is 0 Å². The van der Waals surface area contributed by atoms with Gasteiger partial charge in [0.2, 0.25) is 5.91 Å². The van der Waals surface area contributed by atoms with Crippen molar-refractivity contribution < 1.29 is 4.79 Å². The smallest absolute Gasteiger partial charge is 0.235 e. The Hall–Kier alpha value is -1.08. The Morgan fingerprint density at radius 2 is 2.06 bits per heavy atom. The number of amides is 1. The average Bonchev–Trinajstić information content (AvgIpc) is 3.14. The van der Waals surface area contributed by atoms with Gasteiger partial charge in [0.25, 0.3) is 0 Å². The first kappa shape index (κ1) is 12.4. The summed E-state index contributed by atoms with van der Waals surface area (Å²) in [5.41, 5.74) is -0.646. The Bertz CT molecular complexity index is 326. The molecule has 1 aliphatic heterocycles. The summed E-state index contributed by atoms with van der Waals surface area (Å²) in [5, 5.41) is 12.1. The Labute approximate surface area is 103 Å². The zero-order chi connectivity index (χ0) is 12.3. The van der Waals surface area contributed by atoms with Crippen molar-refractivity contribution in [3.8, 4) is 6.07 Å². The Balaban J connectivity index is 1.81. The normalized spacial score (nSPS) is 24.7. The average molecular weight is 235 g/mol. The highest BCUT2D eigenvalue weighted by Crippen LogP contribution is 2.39. The molecular weight excluding hydrogens is 214 g/mol. The van der Waals surface area contributed by atoms with Crippen molar-refractivity contribution in [2.75, 3.05) is 19.6 Å². The van der Waals surface area contributed by atoms with Crippen LogP contribution in [0.2, 0.25) is 0 Å². The molecule has 4 nitrogen and oxygen atoms in total. The summed E-state index contributed by atoms with van der Waals surface area (Å²) in [4.78, 5) is 14.1. The van der Waals surface area contributed by atoms with Crippen LogP contribution in [-0.2, 0) is 4.79 Å². The van der Waals surface area contributed by atoms with E-state index in [1.165, 1.54) is 19.3 Å². The summed E-state index contributed by atoms with van der Waals surface area (Å²) < 4.78 is 0. The number of hydrogen-bond acceptors (Lipinski definition) is 3. The van der Waals surface area contributed by atoms with Crippen molar-refractivity contribution >= 4 is 5.91 Å². The Kier molecular flexibility index (Phi) is 3.68. The second-order valence-electron chi connectivity index (χ2n) is 5.47. The molecule has 1 atom stereocenters. The van der Waals surface area contributed by atoms with E-state index in [1.807, 2.05) is 6.92 Å². The van der Waals surface area contributed by atoms with E-state index < -0.39 is 5.54 Å². The van der Waals surface area contributed by atoms with Gasteiger partial charge in [0.1, 0.15) is 5.54 Å². The van der Waals surface area contributed by atoms with Gasteiger partial charge in [0, 0.05) is 0 Å². The molecule has 1 amide bonds. The molecule has 2 rings (SSSR count). The lowest BCUT2D eigenvalue weighted by Gasteiger charge is -2.28. The highest BCUT2D eigenvalue weighted by molar-refractivity contribution is 5.79. The molecule has 0 aromatic rings. The van der Waals surface area contributed by atoms with Gasteiger partial charge in [-0.1, -0.05) is 6.42 Å². The third-order valence-electron chi connectivity index (χ3n) is 3.84. The van der Waals surface area contributed by atoms with Crippen LogP contribution in [0.15, 0.2) is 0 Å². The van der Waals surface area contributed by atoms with Crippen LogP contribution in [0.3, 0.4) is 0 Å². The van der Waals surface area contributed by atoms with E-state index in [-0.39, 0.29) is 5.91 Å². The van der Waals surface area contributed by atoms with Gasteiger partial charge in [-0.25, -0.2) is 0 Å². The number of carbonyl (C=O) groups is 1. The third kappa shape index (κ3) is 3.19. The van der Waals surface area contributed by atoms with Crippen LogP contribution in [0.4, 0.5) is 0 Å². The monoisotopic (exact) mass is 235 g/mol. The predicted octanol–water partition coefficient (Wildman–Crippen LogP) is 1.28. The van der Waals surface area contributed by atoms with Gasteiger partial charge >= 0.3 is 0 Å². The molecule has 2 fully saturated rings. The Morgan fingerprint density at radius 1 is 1.41 bits per heavy atom. The fraction of sp³-hybridized carbons (Fsp3) is 0.846. The standard InChI is InChI=1S/C13H21N3O/c1-13(10-14,11-5-6-11)15-12(17)9-16-7-3-2-4-8-16/h11H,2-9H2,1H3,(H,15,17)/t13-/m1/s1. The minimum Gasteiger partial charge on any atom is -0.337 e. The minimum absolute atomic E-state index is 0.00264. The molecule has 0 unspecified atom stereocenters. The second-order valence-corrected chi connectivity index (χ2v) is 5.47. The lowest BCUT2D eigenvalue weighted by molar-refractivity contribution is -0.123. The fourth-order valence-electron chi connectivity index (χ4n) is 2.53. The number of rotatable bonds is 4. The van der Waals surface area contributed by atoms with Crippen molar-refractivity contribution in [3.05, 3.63) is 0 Å². The molecular formula is C13H21N3O. The number of nitriles is 1. The first-order valence-electron chi connectivity index (χ1n) is 6.59. The second kappa shape index (κ2) is 5.05. The number of carbonyl (C=O) groups excluding carboxylic acids is 1. The summed E-state index contributed by atoms with van der Waals surface area (Å²) in [6.07, 6.45) is 5.77. The summed E-state index contributed by atoms with van der Waals surface area (Å²) in [7, 11) is 0. The molecule has 0 spiro atoms. The van der Waals surface area contributed by atoms with E-state index in [1.54, 1.807) is 0 Å². The zero-order valence-electron chi connectivity index (χ0n) is 10.5. The Morgan fingerprint density at radius 3 is 2.59 bits per heavy atom. The molecule has 0 bridgehead atoms. The molecule has 1 saturated heterocycles. The van der Waals surface area contributed by atoms with Crippen molar-refractivity contribution in [1.82, 2.24) is 10.2 Å². The fourth-order valence-corrected chi connectivity index (χ4v) is 2.53. The lowest BCUT2D eigenvalue weighted by Crippen LogP contribution is -2.50. The van der Waals surface area contributed by atoms with E-state index in [9.17, 15) is 10.1 Å². The van der Waals surface area contributed by atoms with Crippen molar-refractivity contribution in [2.24, 2.45) is 5.92 Å². The molecule has 0 radical (unpaired) electrons. The molecule has 1 N–H and O–H groups in total. The summed E-state index contributed by atoms with van der Waals surface area (Å²) >= 11 is 0. The quantitative estimate of drug-likeness (QED) is 0.798. The van der Waals surface area contributed by atoms with Gasteiger partial charge in [-0.2, -0.15) is 5.26 Å². The van der Waals surface area contributed by atoms with Gasteiger partial charge < -0.3 is 5.32 Å². The van der Waals surface area contributed by atoms with Gasteiger partial charge in [0.05, 0.1) is 12.6 Å². The summed E-state index contributed by atoms with van der Waals surface area (Å²) in [5.74, 6) is 0.362.